The number of halogens is 2. The van der Waals surface area contributed by atoms with Gasteiger partial charge in [-0.1, -0.05) is 11.6 Å². The molecule has 4 N–H and O–H groups in total. The summed E-state index contributed by atoms with van der Waals surface area (Å²) >= 11 is 5.90. The normalized spacial score (nSPS) is 25.5. The lowest BCUT2D eigenvalue weighted by Gasteiger charge is -2.40. The average molecular weight is 389 g/mol. The van der Waals surface area contributed by atoms with Gasteiger partial charge in [-0.3, -0.25) is 4.79 Å². The Hall–Kier alpha value is -2.10. The number of hydrogen-bond acceptors (Lipinski definition) is 5. The van der Waals surface area contributed by atoms with E-state index in [1.807, 2.05) is 0 Å². The van der Waals surface area contributed by atoms with Crippen LogP contribution in [-0.2, 0) is 11.2 Å². The molecule has 0 bridgehead atoms. The first kappa shape index (κ1) is 18.7. The molecule has 142 valence electrons. The molecular weight excluding hydrogens is 371 g/mol. The second kappa shape index (κ2) is 6.90. The van der Waals surface area contributed by atoms with Crippen LogP contribution in [0.3, 0.4) is 0 Å². The van der Waals surface area contributed by atoms with Crippen LogP contribution >= 0.6 is 11.6 Å². The zero-order valence-electron chi connectivity index (χ0n) is 13.7. The predicted molar refractivity (Wildman–Crippen MR) is 89.0 cm³/mol. The van der Waals surface area contributed by atoms with Crippen LogP contribution in [0, 0.1) is 5.82 Å². The summed E-state index contributed by atoms with van der Waals surface area (Å²) in [4.78, 5) is 23.5. The van der Waals surface area contributed by atoms with Crippen molar-refractivity contribution in [2.24, 2.45) is 0 Å². The fraction of sp³-hybridized carbons (Fsp3) is 0.500. The molecule has 2 atom stereocenters. The van der Waals surface area contributed by atoms with Crippen molar-refractivity contribution in [3.63, 3.8) is 0 Å². The number of likely N-dealkylation sites (tertiary alicyclic amines) is 1. The van der Waals surface area contributed by atoms with Crippen molar-refractivity contribution in [2.45, 2.75) is 31.0 Å². The van der Waals surface area contributed by atoms with Gasteiger partial charge in [-0.25, -0.2) is 9.18 Å². The van der Waals surface area contributed by atoms with Crippen LogP contribution in [0.2, 0.25) is 5.02 Å². The topological polar surface area (TPSA) is 119 Å². The van der Waals surface area contributed by atoms with Crippen LogP contribution in [0.4, 0.5) is 14.9 Å². The molecule has 1 fully saturated rings. The first-order chi connectivity index (χ1) is 12.2. The van der Waals surface area contributed by atoms with E-state index in [2.05, 4.69) is 5.32 Å². The smallest absolute Gasteiger partial charge is 0.407 e. The van der Waals surface area contributed by atoms with Gasteiger partial charge in [-0.15, -0.1) is 0 Å². The number of carbonyl (C=O) groups is 2. The minimum atomic E-state index is -1.67. The Morgan fingerprint density at radius 2 is 2.23 bits per heavy atom. The third-order valence-electron chi connectivity index (χ3n) is 4.73. The highest BCUT2D eigenvalue weighted by Gasteiger charge is 2.43. The summed E-state index contributed by atoms with van der Waals surface area (Å²) in [5.74, 6) is -0.954. The van der Waals surface area contributed by atoms with Gasteiger partial charge in [0.15, 0.2) is 0 Å². The summed E-state index contributed by atoms with van der Waals surface area (Å²) in [5, 5.41) is 31.9. The quantitative estimate of drug-likeness (QED) is 0.618. The summed E-state index contributed by atoms with van der Waals surface area (Å²) in [6, 6.07) is 1.07. The fourth-order valence-corrected chi connectivity index (χ4v) is 3.31. The molecular formula is C16H18ClFN2O6. The second-order valence-corrected chi connectivity index (χ2v) is 6.84. The van der Waals surface area contributed by atoms with Gasteiger partial charge in [0, 0.05) is 24.6 Å². The number of benzene rings is 1. The minimum Gasteiger partial charge on any atom is -0.490 e. The Morgan fingerprint density at radius 3 is 2.88 bits per heavy atom. The number of nitrogens with zero attached hydrogens (tertiary/aromatic N) is 1. The molecule has 0 spiro atoms. The van der Waals surface area contributed by atoms with Crippen LogP contribution in [0.25, 0.3) is 0 Å². The number of nitrogens with one attached hydrogen (secondary N) is 1. The van der Waals surface area contributed by atoms with E-state index in [0.717, 1.165) is 11.0 Å². The number of aliphatic hydroxyl groups is 2. The molecule has 1 saturated heterocycles. The Morgan fingerprint density at radius 1 is 1.50 bits per heavy atom. The standard InChI is InChI=1S/C16H18ClFN2O6/c17-13-9(18)5-10(8-1-2-12(22)19-14(8)13)26-7-16(25)3-4-20(15(23)24)6-11(16)21/h5,11,21,25H,1-4,6-7H2,(H,19,22)(H,23,24)/t11-,16-/m1/s1. The second-order valence-electron chi connectivity index (χ2n) is 6.46. The minimum absolute atomic E-state index is 0.0323. The molecule has 0 radical (unpaired) electrons. The van der Waals surface area contributed by atoms with Crippen LogP contribution in [0.15, 0.2) is 6.07 Å². The van der Waals surface area contributed by atoms with Crippen LogP contribution in [0.5, 0.6) is 5.75 Å². The van der Waals surface area contributed by atoms with Gasteiger partial charge in [0.2, 0.25) is 5.91 Å². The summed E-state index contributed by atoms with van der Waals surface area (Å²) in [6.07, 6.45) is -2.08. The largest absolute Gasteiger partial charge is 0.490 e. The van der Waals surface area contributed by atoms with Gasteiger partial charge in [0.1, 0.15) is 34.9 Å². The highest BCUT2D eigenvalue weighted by Crippen LogP contribution is 2.39. The van der Waals surface area contributed by atoms with Crippen molar-refractivity contribution in [3.05, 3.63) is 22.5 Å². The third kappa shape index (κ3) is 3.42. The predicted octanol–water partition coefficient (Wildman–Crippen LogP) is 1.22. The maximum absolute atomic E-state index is 14.0. The van der Waals surface area contributed by atoms with E-state index in [4.69, 9.17) is 21.4 Å². The molecule has 1 aromatic rings. The van der Waals surface area contributed by atoms with E-state index in [1.54, 1.807) is 0 Å². The number of β-amino-alcohol motifs (C(OH)–C–C–N with tert-alkyl or cyclic N) is 1. The summed E-state index contributed by atoms with van der Waals surface area (Å²) in [7, 11) is 0. The van der Waals surface area contributed by atoms with Gasteiger partial charge in [0.05, 0.1) is 12.2 Å². The first-order valence-corrected chi connectivity index (χ1v) is 8.41. The molecule has 3 rings (SSSR count). The molecule has 26 heavy (non-hydrogen) atoms. The van der Waals surface area contributed by atoms with Crippen LogP contribution in [0.1, 0.15) is 18.4 Å². The van der Waals surface area contributed by atoms with Gasteiger partial charge in [0.25, 0.3) is 0 Å². The molecule has 2 heterocycles. The molecule has 0 aromatic heterocycles. The van der Waals surface area contributed by atoms with E-state index >= 15 is 0 Å². The first-order valence-electron chi connectivity index (χ1n) is 8.03. The van der Waals surface area contributed by atoms with Gasteiger partial charge >= 0.3 is 6.09 Å². The maximum Gasteiger partial charge on any atom is 0.407 e. The summed E-state index contributed by atoms with van der Waals surface area (Å²) in [5.41, 5.74) is -1.02. The summed E-state index contributed by atoms with van der Waals surface area (Å²) < 4.78 is 19.6. The number of fused-ring (bicyclic) bond motifs is 1. The van der Waals surface area contributed by atoms with Crippen molar-refractivity contribution < 1.29 is 34.0 Å². The average Bonchev–Trinajstić information content (AvgIpc) is 2.59. The zero-order chi connectivity index (χ0) is 19.1. The molecule has 2 amide bonds. The van der Waals surface area contributed by atoms with E-state index in [-0.39, 0.29) is 54.9 Å². The van der Waals surface area contributed by atoms with Gasteiger partial charge in [-0.05, 0) is 12.8 Å². The van der Waals surface area contributed by atoms with Crippen molar-refractivity contribution in [3.8, 4) is 5.75 Å². The highest BCUT2D eigenvalue weighted by molar-refractivity contribution is 6.34. The number of carbonyl (C=O) groups excluding carboxylic acids is 1. The van der Waals surface area contributed by atoms with Crippen molar-refractivity contribution in [1.29, 1.82) is 0 Å². The SMILES string of the molecule is O=C1CCc2c(OC[C@]3(O)CCN(C(=O)O)C[C@H]3O)cc(F)c(Cl)c2N1. The molecule has 10 heteroatoms. The van der Waals surface area contributed by atoms with E-state index < -0.39 is 23.6 Å². The Labute approximate surface area is 153 Å². The molecule has 8 nitrogen and oxygen atoms in total. The summed E-state index contributed by atoms with van der Waals surface area (Å²) in [6.45, 7) is -0.573. The Bertz CT molecular complexity index is 761. The van der Waals surface area contributed by atoms with E-state index in [9.17, 15) is 24.2 Å². The van der Waals surface area contributed by atoms with E-state index in [0.29, 0.717) is 12.0 Å². The monoisotopic (exact) mass is 388 g/mol. The number of anilines is 1. The number of amides is 2. The van der Waals surface area contributed by atoms with Crippen LogP contribution < -0.4 is 10.1 Å². The van der Waals surface area contributed by atoms with Crippen LogP contribution in [-0.4, -0.2) is 63.6 Å². The lowest BCUT2D eigenvalue weighted by Crippen LogP contribution is -2.59. The van der Waals surface area contributed by atoms with Gasteiger partial charge in [-0.2, -0.15) is 0 Å². The lowest BCUT2D eigenvalue weighted by atomic mass is 9.89. The molecule has 1 aromatic carbocycles. The molecule has 2 aliphatic heterocycles. The number of hydrogen-bond donors (Lipinski definition) is 4. The number of rotatable bonds is 3. The third-order valence-corrected chi connectivity index (χ3v) is 5.10. The Balaban J connectivity index is 1.78. The molecule has 0 saturated carbocycles. The molecule has 0 aliphatic carbocycles. The fourth-order valence-electron chi connectivity index (χ4n) is 3.10. The maximum atomic E-state index is 14.0. The number of piperidine rings is 1. The number of carboxylic acid groups (broad SMARTS) is 1. The molecule has 2 aliphatic rings. The number of ether oxygens (including phenoxy) is 1. The number of aliphatic hydroxyl groups excluding tert-OH is 1. The zero-order valence-corrected chi connectivity index (χ0v) is 14.4. The Kier molecular flexibility index (Phi) is 4.96. The highest BCUT2D eigenvalue weighted by atomic mass is 35.5. The van der Waals surface area contributed by atoms with E-state index in [1.165, 1.54) is 0 Å². The lowest BCUT2D eigenvalue weighted by molar-refractivity contribution is -0.132. The van der Waals surface area contributed by atoms with Crippen molar-refractivity contribution in [1.82, 2.24) is 4.90 Å². The van der Waals surface area contributed by atoms with Gasteiger partial charge < -0.3 is 30.3 Å². The van der Waals surface area contributed by atoms with Crippen molar-refractivity contribution in [2.75, 3.05) is 25.0 Å². The van der Waals surface area contributed by atoms with Crippen molar-refractivity contribution >= 4 is 29.3 Å². The molecule has 0 unspecified atom stereocenters.